The van der Waals surface area contributed by atoms with Crippen molar-refractivity contribution in [1.29, 1.82) is 0 Å². The van der Waals surface area contributed by atoms with E-state index in [9.17, 15) is 0 Å². The zero-order valence-corrected chi connectivity index (χ0v) is 9.56. The minimum Gasteiger partial charge on any atom is -0.493 e. The Kier molecular flexibility index (Phi) is 4.08. The van der Waals surface area contributed by atoms with E-state index in [1.165, 1.54) is 0 Å². The van der Waals surface area contributed by atoms with Gasteiger partial charge in [-0.25, -0.2) is 0 Å². The largest absolute Gasteiger partial charge is 0.493 e. The molecule has 0 heterocycles. The lowest BCUT2D eigenvalue weighted by Gasteiger charge is -2.16. The molecule has 1 aromatic carbocycles. The van der Waals surface area contributed by atoms with Gasteiger partial charge in [0.1, 0.15) is 0 Å². The zero-order chi connectivity index (χ0) is 10.6. The lowest BCUT2D eigenvalue weighted by molar-refractivity contribution is 0.416. The second-order valence-corrected chi connectivity index (χ2v) is 3.68. The first-order chi connectivity index (χ1) is 6.69. The highest BCUT2D eigenvalue weighted by Crippen LogP contribution is 2.32. The van der Waals surface area contributed by atoms with Gasteiger partial charge in [0.05, 0.1) is 17.8 Å². The van der Waals surface area contributed by atoms with Crippen molar-refractivity contribution in [2.75, 3.05) is 12.4 Å². The second-order valence-electron chi connectivity index (χ2n) is 3.27. The Labute approximate surface area is 90.2 Å². The van der Waals surface area contributed by atoms with E-state index in [0.717, 1.165) is 17.9 Å². The van der Waals surface area contributed by atoms with Crippen molar-refractivity contribution in [3.63, 3.8) is 0 Å². The molecule has 3 heteroatoms. The van der Waals surface area contributed by atoms with Gasteiger partial charge in [0.15, 0.2) is 5.75 Å². The van der Waals surface area contributed by atoms with Gasteiger partial charge >= 0.3 is 0 Å². The quantitative estimate of drug-likeness (QED) is 0.826. The SMILES string of the molecule is CCC(C)Nc1cccc(Cl)c1OC. The number of para-hydroxylation sites is 1. The van der Waals surface area contributed by atoms with Gasteiger partial charge in [-0.1, -0.05) is 24.6 Å². The maximum atomic E-state index is 5.99. The Balaban J connectivity index is 2.90. The van der Waals surface area contributed by atoms with Crippen molar-refractivity contribution in [2.24, 2.45) is 0 Å². The third kappa shape index (κ3) is 2.55. The van der Waals surface area contributed by atoms with Crippen molar-refractivity contribution in [2.45, 2.75) is 26.3 Å². The Morgan fingerprint density at radius 1 is 1.50 bits per heavy atom. The van der Waals surface area contributed by atoms with Gasteiger partial charge in [0, 0.05) is 6.04 Å². The number of hydrogen-bond donors (Lipinski definition) is 1. The van der Waals surface area contributed by atoms with E-state index in [0.29, 0.717) is 11.1 Å². The molecule has 1 atom stereocenters. The average Bonchev–Trinajstić information content (AvgIpc) is 2.18. The minimum atomic E-state index is 0.419. The molecule has 78 valence electrons. The first kappa shape index (κ1) is 11.2. The summed E-state index contributed by atoms with van der Waals surface area (Å²) < 4.78 is 5.23. The molecule has 0 aliphatic heterocycles. The molecule has 0 saturated heterocycles. The predicted octanol–water partition coefficient (Wildman–Crippen LogP) is 3.56. The van der Waals surface area contributed by atoms with Crippen LogP contribution in [-0.2, 0) is 0 Å². The summed E-state index contributed by atoms with van der Waals surface area (Å²) in [6.45, 7) is 4.26. The fourth-order valence-corrected chi connectivity index (χ4v) is 1.45. The van der Waals surface area contributed by atoms with Gasteiger partial charge in [-0.2, -0.15) is 0 Å². The van der Waals surface area contributed by atoms with Gasteiger partial charge in [-0.15, -0.1) is 0 Å². The van der Waals surface area contributed by atoms with E-state index in [-0.39, 0.29) is 0 Å². The number of benzene rings is 1. The van der Waals surface area contributed by atoms with Crippen LogP contribution in [0.5, 0.6) is 5.75 Å². The van der Waals surface area contributed by atoms with Gasteiger partial charge < -0.3 is 10.1 Å². The summed E-state index contributed by atoms with van der Waals surface area (Å²) in [6, 6.07) is 6.12. The van der Waals surface area contributed by atoms with Crippen LogP contribution < -0.4 is 10.1 Å². The molecule has 1 aromatic rings. The second kappa shape index (κ2) is 5.11. The maximum absolute atomic E-state index is 5.99. The van der Waals surface area contributed by atoms with Crippen molar-refractivity contribution in [3.8, 4) is 5.75 Å². The Bertz CT molecular complexity index is 301. The van der Waals surface area contributed by atoms with Crippen LogP contribution in [0.2, 0.25) is 5.02 Å². The minimum absolute atomic E-state index is 0.419. The van der Waals surface area contributed by atoms with Crippen molar-refractivity contribution >= 4 is 17.3 Å². The molecule has 2 nitrogen and oxygen atoms in total. The molecule has 0 fully saturated rings. The molecule has 0 saturated carbocycles. The Morgan fingerprint density at radius 3 is 2.79 bits per heavy atom. The van der Waals surface area contributed by atoms with Gasteiger partial charge in [0.2, 0.25) is 0 Å². The number of halogens is 1. The Morgan fingerprint density at radius 2 is 2.21 bits per heavy atom. The third-order valence-electron chi connectivity index (χ3n) is 2.19. The summed E-state index contributed by atoms with van der Waals surface area (Å²) in [4.78, 5) is 0. The number of hydrogen-bond acceptors (Lipinski definition) is 2. The number of anilines is 1. The fraction of sp³-hybridized carbons (Fsp3) is 0.455. The van der Waals surface area contributed by atoms with Crippen LogP contribution in [0.25, 0.3) is 0 Å². The monoisotopic (exact) mass is 213 g/mol. The Hall–Kier alpha value is -0.890. The first-order valence-corrected chi connectivity index (χ1v) is 5.15. The molecule has 14 heavy (non-hydrogen) atoms. The summed E-state index contributed by atoms with van der Waals surface area (Å²) >= 11 is 5.99. The maximum Gasteiger partial charge on any atom is 0.160 e. The topological polar surface area (TPSA) is 21.3 Å². The molecule has 1 N–H and O–H groups in total. The molecular formula is C11H16ClNO. The number of rotatable bonds is 4. The van der Waals surface area contributed by atoms with Crippen LogP contribution in [0.4, 0.5) is 5.69 Å². The standard InChI is InChI=1S/C11H16ClNO/c1-4-8(2)13-10-7-5-6-9(12)11(10)14-3/h5-8,13H,4H2,1-3H3. The van der Waals surface area contributed by atoms with E-state index >= 15 is 0 Å². The van der Waals surface area contributed by atoms with Crippen LogP contribution in [0.3, 0.4) is 0 Å². The molecule has 1 unspecified atom stereocenters. The summed E-state index contributed by atoms with van der Waals surface area (Å²) in [7, 11) is 1.63. The van der Waals surface area contributed by atoms with Gasteiger partial charge in [-0.05, 0) is 25.5 Å². The number of ether oxygens (including phenoxy) is 1. The lowest BCUT2D eigenvalue weighted by Crippen LogP contribution is -2.14. The van der Waals surface area contributed by atoms with Crippen molar-refractivity contribution in [1.82, 2.24) is 0 Å². The molecule has 0 radical (unpaired) electrons. The van der Waals surface area contributed by atoms with Crippen LogP contribution in [0.1, 0.15) is 20.3 Å². The molecule has 0 bridgehead atoms. The molecule has 0 aliphatic rings. The summed E-state index contributed by atoms with van der Waals surface area (Å²) in [5.74, 6) is 0.717. The third-order valence-corrected chi connectivity index (χ3v) is 2.48. The van der Waals surface area contributed by atoms with E-state index in [1.54, 1.807) is 7.11 Å². The summed E-state index contributed by atoms with van der Waals surface area (Å²) in [5.41, 5.74) is 0.953. The van der Waals surface area contributed by atoms with Gasteiger partial charge in [-0.3, -0.25) is 0 Å². The molecule has 1 rings (SSSR count). The highest BCUT2D eigenvalue weighted by Gasteiger charge is 2.08. The molecule has 0 aromatic heterocycles. The highest BCUT2D eigenvalue weighted by molar-refractivity contribution is 6.32. The predicted molar refractivity (Wildman–Crippen MR) is 61.4 cm³/mol. The zero-order valence-electron chi connectivity index (χ0n) is 8.80. The summed E-state index contributed by atoms with van der Waals surface area (Å²) in [5, 5.41) is 3.98. The van der Waals surface area contributed by atoms with Crippen molar-refractivity contribution < 1.29 is 4.74 Å². The van der Waals surface area contributed by atoms with Crippen LogP contribution in [-0.4, -0.2) is 13.2 Å². The van der Waals surface area contributed by atoms with Crippen LogP contribution in [0, 0.1) is 0 Å². The van der Waals surface area contributed by atoms with E-state index in [1.807, 2.05) is 18.2 Å². The molecule has 0 amide bonds. The van der Waals surface area contributed by atoms with Gasteiger partial charge in [0.25, 0.3) is 0 Å². The number of methoxy groups -OCH3 is 1. The van der Waals surface area contributed by atoms with Crippen LogP contribution >= 0.6 is 11.6 Å². The molecule has 0 aliphatic carbocycles. The fourth-order valence-electron chi connectivity index (χ4n) is 1.20. The molecular weight excluding hydrogens is 198 g/mol. The van der Waals surface area contributed by atoms with Crippen molar-refractivity contribution in [3.05, 3.63) is 23.2 Å². The highest BCUT2D eigenvalue weighted by atomic mass is 35.5. The molecule has 0 spiro atoms. The summed E-state index contributed by atoms with van der Waals surface area (Å²) in [6.07, 6.45) is 1.07. The first-order valence-electron chi connectivity index (χ1n) is 4.78. The lowest BCUT2D eigenvalue weighted by atomic mass is 10.2. The normalized spacial score (nSPS) is 12.3. The average molecular weight is 214 g/mol. The van der Waals surface area contributed by atoms with E-state index < -0.39 is 0 Å². The number of nitrogens with one attached hydrogen (secondary N) is 1. The van der Waals surface area contributed by atoms with Crippen LogP contribution in [0.15, 0.2) is 18.2 Å². The van der Waals surface area contributed by atoms with E-state index in [4.69, 9.17) is 16.3 Å². The smallest absolute Gasteiger partial charge is 0.160 e. The van der Waals surface area contributed by atoms with E-state index in [2.05, 4.69) is 19.2 Å².